The lowest BCUT2D eigenvalue weighted by Gasteiger charge is -2.26. The summed E-state index contributed by atoms with van der Waals surface area (Å²) in [6, 6.07) is 10.4. The van der Waals surface area contributed by atoms with Crippen LogP contribution in [0.5, 0.6) is 5.75 Å². The third-order valence-corrected chi connectivity index (χ3v) is 6.90. The number of aromatic nitrogens is 1. The monoisotopic (exact) mass is 541 g/mol. The summed E-state index contributed by atoms with van der Waals surface area (Å²) in [7, 11) is 0. The fourth-order valence-corrected chi connectivity index (χ4v) is 5.26. The highest BCUT2D eigenvalue weighted by Gasteiger charge is 2.35. The van der Waals surface area contributed by atoms with Gasteiger partial charge >= 0.3 is 5.97 Å². The van der Waals surface area contributed by atoms with Crippen molar-refractivity contribution >= 4 is 40.7 Å². The quantitative estimate of drug-likeness (QED) is 0.252. The molecule has 1 atom stereocenters. The second kappa shape index (κ2) is 10.7. The van der Waals surface area contributed by atoms with Gasteiger partial charge in [0, 0.05) is 28.3 Å². The number of nitro groups is 1. The van der Waals surface area contributed by atoms with Crippen LogP contribution in [-0.2, 0) is 9.53 Å². The molecule has 0 saturated carbocycles. The Bertz CT molecular complexity index is 1600. The first-order chi connectivity index (χ1) is 17.6. The van der Waals surface area contributed by atoms with Gasteiger partial charge in [-0.15, -0.1) is 0 Å². The van der Waals surface area contributed by atoms with Crippen molar-refractivity contribution in [2.45, 2.75) is 39.8 Å². The predicted octanol–water partition coefficient (Wildman–Crippen LogP) is 4.15. The van der Waals surface area contributed by atoms with Gasteiger partial charge in [-0.3, -0.25) is 19.5 Å². The molecule has 1 aromatic heterocycles. The molecule has 4 rings (SSSR count). The van der Waals surface area contributed by atoms with Gasteiger partial charge < -0.3 is 9.47 Å². The number of carbonyl (C=O) groups excluding carboxylic acids is 1. The molecular formula is C26H24ClN3O6S. The maximum Gasteiger partial charge on any atom is 0.338 e. The minimum Gasteiger partial charge on any atom is -0.491 e. The molecule has 0 amide bonds. The lowest BCUT2D eigenvalue weighted by Crippen LogP contribution is -2.40. The lowest BCUT2D eigenvalue weighted by molar-refractivity contribution is -0.384. The number of hydrogen-bond donors (Lipinski definition) is 0. The van der Waals surface area contributed by atoms with Crippen LogP contribution in [-0.4, -0.2) is 28.2 Å². The SMILES string of the molecule is CCOC(=O)C1=C(C)N=c2s/c(=C/c3cc([N+](=O)[O-])ccc3Cl)c(=O)n2[C@@H]1c1ccccc1OC(C)C. The van der Waals surface area contributed by atoms with Crippen molar-refractivity contribution in [3.63, 3.8) is 0 Å². The summed E-state index contributed by atoms with van der Waals surface area (Å²) in [6.07, 6.45) is 1.35. The van der Waals surface area contributed by atoms with Crippen LogP contribution < -0.4 is 19.6 Å². The van der Waals surface area contributed by atoms with Crippen molar-refractivity contribution in [1.82, 2.24) is 4.57 Å². The number of benzene rings is 2. The molecule has 0 bridgehead atoms. The molecule has 37 heavy (non-hydrogen) atoms. The van der Waals surface area contributed by atoms with Gasteiger partial charge in [0.05, 0.1) is 33.4 Å². The molecule has 1 aliphatic rings. The molecule has 0 aliphatic carbocycles. The number of fused-ring (bicyclic) bond motifs is 1. The van der Waals surface area contributed by atoms with E-state index in [0.717, 1.165) is 11.3 Å². The van der Waals surface area contributed by atoms with Crippen molar-refractivity contribution in [3.05, 3.63) is 99.7 Å². The number of allylic oxidation sites excluding steroid dienone is 1. The van der Waals surface area contributed by atoms with Gasteiger partial charge in [-0.25, -0.2) is 9.79 Å². The summed E-state index contributed by atoms with van der Waals surface area (Å²) < 4.78 is 13.0. The number of nitro benzene ring substituents is 1. The van der Waals surface area contributed by atoms with Crippen LogP contribution in [0.1, 0.15) is 44.9 Å². The zero-order valence-corrected chi connectivity index (χ0v) is 22.1. The second-order valence-corrected chi connectivity index (χ2v) is 9.89. The summed E-state index contributed by atoms with van der Waals surface area (Å²) in [5.74, 6) is -0.0561. The molecule has 3 aromatic rings. The molecule has 11 heteroatoms. The first-order valence-corrected chi connectivity index (χ1v) is 12.7. The maximum atomic E-state index is 13.8. The number of rotatable bonds is 7. The maximum absolute atomic E-state index is 13.8. The van der Waals surface area contributed by atoms with Gasteiger partial charge in [-0.2, -0.15) is 0 Å². The molecule has 2 aromatic carbocycles. The Balaban J connectivity index is 1.99. The molecule has 0 radical (unpaired) electrons. The Morgan fingerprint density at radius 3 is 2.70 bits per heavy atom. The van der Waals surface area contributed by atoms with Crippen LogP contribution in [0.25, 0.3) is 6.08 Å². The van der Waals surface area contributed by atoms with Crippen LogP contribution in [0.15, 0.2) is 63.5 Å². The molecule has 0 spiro atoms. The van der Waals surface area contributed by atoms with E-state index in [0.29, 0.717) is 27.4 Å². The van der Waals surface area contributed by atoms with Crippen molar-refractivity contribution < 1.29 is 19.2 Å². The number of para-hydroxylation sites is 1. The average molecular weight is 542 g/mol. The smallest absolute Gasteiger partial charge is 0.338 e. The van der Waals surface area contributed by atoms with Gasteiger partial charge in [-0.05, 0) is 45.9 Å². The number of halogens is 1. The fraction of sp³-hybridized carbons (Fsp3) is 0.269. The predicted molar refractivity (Wildman–Crippen MR) is 141 cm³/mol. The molecule has 1 aliphatic heterocycles. The number of nitrogens with zero attached hydrogens (tertiary/aromatic N) is 3. The summed E-state index contributed by atoms with van der Waals surface area (Å²) in [6.45, 7) is 7.33. The number of carbonyl (C=O) groups is 1. The summed E-state index contributed by atoms with van der Waals surface area (Å²) in [5, 5.41) is 11.5. The Kier molecular flexibility index (Phi) is 7.60. The second-order valence-electron chi connectivity index (χ2n) is 8.47. The highest BCUT2D eigenvalue weighted by Crippen LogP contribution is 2.36. The van der Waals surface area contributed by atoms with Gasteiger partial charge in [0.1, 0.15) is 11.8 Å². The van der Waals surface area contributed by atoms with Crippen molar-refractivity contribution in [2.24, 2.45) is 4.99 Å². The zero-order valence-electron chi connectivity index (χ0n) is 20.6. The van der Waals surface area contributed by atoms with E-state index < -0.39 is 22.5 Å². The van der Waals surface area contributed by atoms with E-state index in [1.165, 1.54) is 28.8 Å². The summed E-state index contributed by atoms with van der Waals surface area (Å²) in [4.78, 5) is 42.5. The third-order valence-electron chi connectivity index (χ3n) is 5.57. The number of ether oxygens (including phenoxy) is 2. The fourth-order valence-electron chi connectivity index (χ4n) is 4.05. The third kappa shape index (κ3) is 5.21. The minimum absolute atomic E-state index is 0.149. The minimum atomic E-state index is -0.854. The van der Waals surface area contributed by atoms with Crippen molar-refractivity contribution in [1.29, 1.82) is 0 Å². The van der Waals surface area contributed by atoms with Crippen LogP contribution in [0, 0.1) is 10.1 Å². The number of esters is 1. The van der Waals surface area contributed by atoms with E-state index >= 15 is 0 Å². The van der Waals surface area contributed by atoms with Gasteiger partial charge in [0.2, 0.25) is 0 Å². The van der Waals surface area contributed by atoms with Crippen LogP contribution in [0.4, 0.5) is 5.69 Å². The summed E-state index contributed by atoms with van der Waals surface area (Å²) in [5.41, 5.74) is 1.00. The van der Waals surface area contributed by atoms with E-state index in [2.05, 4.69) is 4.99 Å². The van der Waals surface area contributed by atoms with Crippen LogP contribution in [0.3, 0.4) is 0 Å². The summed E-state index contributed by atoms with van der Waals surface area (Å²) >= 11 is 7.38. The largest absolute Gasteiger partial charge is 0.491 e. The molecule has 9 nitrogen and oxygen atoms in total. The average Bonchev–Trinajstić information content (AvgIpc) is 3.14. The van der Waals surface area contributed by atoms with E-state index in [-0.39, 0.29) is 33.5 Å². The Labute approximate surface area is 221 Å². The molecule has 2 heterocycles. The highest BCUT2D eigenvalue weighted by molar-refractivity contribution is 7.07. The number of non-ortho nitro benzene ring substituents is 1. The van der Waals surface area contributed by atoms with Crippen molar-refractivity contribution in [3.8, 4) is 5.75 Å². The standard InChI is InChI=1S/C26H24ClN3O6S/c1-5-35-25(32)22-15(4)28-26-29(23(22)18-8-6-7-9-20(18)36-14(2)3)24(31)21(37-26)13-16-12-17(30(33)34)10-11-19(16)27/h6-14,23H,5H2,1-4H3/b21-13+/t23-/m1/s1. The van der Waals surface area contributed by atoms with Crippen LogP contribution >= 0.6 is 22.9 Å². The molecule has 0 fully saturated rings. The molecule has 0 unspecified atom stereocenters. The normalized spacial score (nSPS) is 15.4. The van der Waals surface area contributed by atoms with Gasteiger partial charge in [0.25, 0.3) is 11.2 Å². The van der Waals surface area contributed by atoms with E-state index in [1.807, 2.05) is 19.9 Å². The first-order valence-electron chi connectivity index (χ1n) is 11.5. The van der Waals surface area contributed by atoms with Crippen molar-refractivity contribution in [2.75, 3.05) is 6.61 Å². The molecular weight excluding hydrogens is 518 g/mol. The number of hydrogen-bond acceptors (Lipinski definition) is 8. The van der Waals surface area contributed by atoms with Gasteiger partial charge in [-0.1, -0.05) is 41.1 Å². The molecule has 0 N–H and O–H groups in total. The Hall–Kier alpha value is -3.76. The number of thiazole rings is 1. The zero-order chi connectivity index (χ0) is 26.9. The molecule has 0 saturated heterocycles. The Morgan fingerprint density at radius 1 is 1.30 bits per heavy atom. The first kappa shape index (κ1) is 26.3. The van der Waals surface area contributed by atoms with E-state index in [1.54, 1.807) is 32.0 Å². The van der Waals surface area contributed by atoms with Crippen LogP contribution in [0.2, 0.25) is 5.02 Å². The van der Waals surface area contributed by atoms with E-state index in [9.17, 15) is 19.7 Å². The Morgan fingerprint density at radius 2 is 2.03 bits per heavy atom. The lowest BCUT2D eigenvalue weighted by atomic mass is 9.95. The van der Waals surface area contributed by atoms with Gasteiger partial charge in [0.15, 0.2) is 4.80 Å². The highest BCUT2D eigenvalue weighted by atomic mass is 35.5. The molecule has 192 valence electrons. The van der Waals surface area contributed by atoms with E-state index in [4.69, 9.17) is 21.1 Å². The topological polar surface area (TPSA) is 113 Å².